The van der Waals surface area contributed by atoms with Gasteiger partial charge in [-0.1, -0.05) is 48.4 Å². The maximum absolute atomic E-state index is 6.23. The van der Waals surface area contributed by atoms with Crippen LogP contribution in [0.4, 0.5) is 0 Å². The number of aryl methyl sites for hydroxylation is 1. The molecule has 1 N–H and O–H groups in total. The number of benzene rings is 1. The van der Waals surface area contributed by atoms with Gasteiger partial charge in [-0.25, -0.2) is 0 Å². The number of halogens is 1. The Morgan fingerprint density at radius 1 is 1.35 bits per heavy atom. The largest absolute Gasteiger partial charge is 0.306 e. The molecule has 0 saturated heterocycles. The highest BCUT2D eigenvalue weighted by Crippen LogP contribution is 2.33. The van der Waals surface area contributed by atoms with E-state index in [-0.39, 0.29) is 6.04 Å². The van der Waals surface area contributed by atoms with Gasteiger partial charge in [0.1, 0.15) is 0 Å². The lowest BCUT2D eigenvalue weighted by Gasteiger charge is -2.18. The quantitative estimate of drug-likeness (QED) is 0.864. The van der Waals surface area contributed by atoms with Crippen LogP contribution in [-0.4, -0.2) is 6.54 Å². The van der Waals surface area contributed by atoms with Crippen molar-refractivity contribution in [1.29, 1.82) is 0 Å². The molecule has 0 saturated carbocycles. The maximum atomic E-state index is 6.23. The van der Waals surface area contributed by atoms with Crippen molar-refractivity contribution in [2.75, 3.05) is 6.54 Å². The average Bonchev–Trinajstić information content (AvgIpc) is 2.72. The van der Waals surface area contributed by atoms with Crippen molar-refractivity contribution in [3.63, 3.8) is 0 Å². The first-order valence-electron chi connectivity index (χ1n) is 5.75. The average molecular weight is 266 g/mol. The molecule has 1 atom stereocenters. The van der Waals surface area contributed by atoms with Gasteiger partial charge in [0.25, 0.3) is 0 Å². The molecule has 1 nitrogen and oxygen atoms in total. The van der Waals surface area contributed by atoms with Gasteiger partial charge < -0.3 is 5.32 Å². The van der Waals surface area contributed by atoms with Crippen molar-refractivity contribution < 1.29 is 0 Å². The highest BCUT2D eigenvalue weighted by molar-refractivity contribution is 7.10. The Morgan fingerprint density at radius 3 is 2.76 bits per heavy atom. The molecule has 0 aliphatic carbocycles. The summed E-state index contributed by atoms with van der Waals surface area (Å²) in [5.41, 5.74) is 2.55. The lowest BCUT2D eigenvalue weighted by Crippen LogP contribution is -2.21. The Morgan fingerprint density at radius 2 is 2.18 bits per heavy atom. The summed E-state index contributed by atoms with van der Waals surface area (Å²) < 4.78 is 0. The van der Waals surface area contributed by atoms with E-state index < -0.39 is 0 Å². The Bertz CT molecular complexity index is 492. The summed E-state index contributed by atoms with van der Waals surface area (Å²) in [6.45, 7) is 5.15. The second kappa shape index (κ2) is 5.67. The van der Waals surface area contributed by atoms with E-state index in [2.05, 4.69) is 43.4 Å². The van der Waals surface area contributed by atoms with Gasteiger partial charge in [-0.15, -0.1) is 11.3 Å². The lowest BCUT2D eigenvalue weighted by atomic mass is 10.0. The van der Waals surface area contributed by atoms with Crippen molar-refractivity contribution in [3.8, 4) is 0 Å². The Labute approximate surface area is 111 Å². The minimum Gasteiger partial charge on any atom is -0.306 e. The van der Waals surface area contributed by atoms with Gasteiger partial charge >= 0.3 is 0 Å². The molecule has 3 heteroatoms. The van der Waals surface area contributed by atoms with E-state index in [0.29, 0.717) is 0 Å². The molecular formula is C14H16ClNS. The van der Waals surface area contributed by atoms with Gasteiger partial charge in [0.15, 0.2) is 0 Å². The monoisotopic (exact) mass is 265 g/mol. The minimum absolute atomic E-state index is 0.201. The number of nitrogens with one attached hydrogen (secondary N) is 1. The molecule has 90 valence electrons. The molecular weight excluding hydrogens is 250 g/mol. The van der Waals surface area contributed by atoms with Crippen LogP contribution in [0.25, 0.3) is 0 Å². The summed E-state index contributed by atoms with van der Waals surface area (Å²) in [5, 5.41) is 6.38. The second-order valence-corrected chi connectivity index (χ2v) is 5.39. The number of hydrogen-bond acceptors (Lipinski definition) is 2. The molecule has 0 fully saturated rings. The van der Waals surface area contributed by atoms with Crippen LogP contribution >= 0.6 is 22.9 Å². The van der Waals surface area contributed by atoms with Gasteiger partial charge in [0.2, 0.25) is 0 Å². The van der Waals surface area contributed by atoms with Gasteiger partial charge in [0, 0.05) is 4.88 Å². The highest BCUT2D eigenvalue weighted by atomic mass is 35.5. The molecule has 0 aliphatic rings. The fourth-order valence-electron chi connectivity index (χ4n) is 1.93. The van der Waals surface area contributed by atoms with Gasteiger partial charge in [-0.2, -0.15) is 0 Å². The van der Waals surface area contributed by atoms with Crippen molar-refractivity contribution in [2.45, 2.75) is 19.9 Å². The molecule has 0 spiro atoms. The first-order chi connectivity index (χ1) is 8.22. The van der Waals surface area contributed by atoms with Crippen LogP contribution in [0.5, 0.6) is 0 Å². The normalized spacial score (nSPS) is 12.6. The zero-order valence-corrected chi connectivity index (χ0v) is 11.6. The van der Waals surface area contributed by atoms with Crippen LogP contribution in [0.3, 0.4) is 0 Å². The summed E-state index contributed by atoms with van der Waals surface area (Å²) in [6, 6.07) is 10.7. The summed E-state index contributed by atoms with van der Waals surface area (Å²) in [6.07, 6.45) is 0. The van der Waals surface area contributed by atoms with E-state index in [1.165, 1.54) is 16.0 Å². The zero-order chi connectivity index (χ0) is 12.3. The van der Waals surface area contributed by atoms with E-state index in [4.69, 9.17) is 11.6 Å². The summed E-state index contributed by atoms with van der Waals surface area (Å²) in [7, 11) is 0. The van der Waals surface area contributed by atoms with Crippen molar-refractivity contribution >= 4 is 22.9 Å². The van der Waals surface area contributed by atoms with Gasteiger partial charge in [0.05, 0.1) is 11.1 Å². The van der Waals surface area contributed by atoms with Crippen LogP contribution in [0.2, 0.25) is 5.02 Å². The number of thiophene rings is 1. The molecule has 2 aromatic rings. The summed E-state index contributed by atoms with van der Waals surface area (Å²) >= 11 is 7.93. The summed E-state index contributed by atoms with van der Waals surface area (Å²) in [4.78, 5) is 1.19. The predicted octanol–water partition coefficient (Wildman–Crippen LogP) is 4.41. The zero-order valence-electron chi connectivity index (χ0n) is 10.0. The molecule has 0 amide bonds. The third-order valence-corrected chi connectivity index (χ3v) is 4.11. The van der Waals surface area contributed by atoms with Crippen LogP contribution < -0.4 is 5.32 Å². The first kappa shape index (κ1) is 12.6. The molecule has 1 unspecified atom stereocenters. The maximum Gasteiger partial charge on any atom is 0.0686 e. The van der Waals surface area contributed by atoms with Crippen LogP contribution in [0.1, 0.15) is 29.0 Å². The van der Waals surface area contributed by atoms with E-state index in [1.54, 1.807) is 11.3 Å². The fraction of sp³-hybridized carbons (Fsp3) is 0.286. The van der Waals surface area contributed by atoms with E-state index in [0.717, 1.165) is 11.6 Å². The van der Waals surface area contributed by atoms with E-state index >= 15 is 0 Å². The number of hydrogen-bond donors (Lipinski definition) is 1. The molecule has 17 heavy (non-hydrogen) atoms. The molecule has 1 aromatic heterocycles. The minimum atomic E-state index is 0.201. The van der Waals surface area contributed by atoms with Gasteiger partial charge in [-0.3, -0.25) is 0 Å². The topological polar surface area (TPSA) is 12.0 Å². The van der Waals surface area contributed by atoms with Crippen molar-refractivity contribution in [1.82, 2.24) is 5.32 Å². The molecule has 1 heterocycles. The standard InChI is InChI=1S/C14H16ClNS/c1-3-16-13(14-12(15)7-8-17-14)11-6-4-5-10(2)9-11/h4-9,13,16H,3H2,1-2H3. The van der Waals surface area contributed by atoms with Crippen LogP contribution in [-0.2, 0) is 0 Å². The second-order valence-electron chi connectivity index (χ2n) is 4.04. The van der Waals surface area contributed by atoms with E-state index in [9.17, 15) is 0 Å². The summed E-state index contributed by atoms with van der Waals surface area (Å²) in [5.74, 6) is 0. The molecule has 0 bridgehead atoms. The van der Waals surface area contributed by atoms with Crippen LogP contribution in [0.15, 0.2) is 35.7 Å². The fourth-order valence-corrected chi connectivity index (χ4v) is 3.19. The Kier molecular flexibility index (Phi) is 4.21. The predicted molar refractivity (Wildman–Crippen MR) is 76.0 cm³/mol. The molecule has 1 aromatic carbocycles. The van der Waals surface area contributed by atoms with Gasteiger partial charge in [-0.05, 0) is 30.5 Å². The highest BCUT2D eigenvalue weighted by Gasteiger charge is 2.17. The number of rotatable bonds is 4. The molecule has 0 radical (unpaired) electrons. The smallest absolute Gasteiger partial charge is 0.0686 e. The molecule has 0 aliphatic heterocycles. The van der Waals surface area contributed by atoms with Crippen molar-refractivity contribution in [3.05, 3.63) is 56.7 Å². The lowest BCUT2D eigenvalue weighted by molar-refractivity contribution is 0.639. The van der Waals surface area contributed by atoms with E-state index in [1.807, 2.05) is 11.4 Å². The SMILES string of the molecule is CCNC(c1cccc(C)c1)c1sccc1Cl. The first-order valence-corrected chi connectivity index (χ1v) is 7.01. The van der Waals surface area contributed by atoms with Crippen LogP contribution in [0, 0.1) is 6.92 Å². The third-order valence-electron chi connectivity index (χ3n) is 2.69. The molecule has 2 rings (SSSR count). The van der Waals surface area contributed by atoms with Crippen molar-refractivity contribution in [2.24, 2.45) is 0 Å². The third kappa shape index (κ3) is 2.89. The Balaban J connectivity index is 2.39. The Hall–Kier alpha value is -0.830.